The summed E-state index contributed by atoms with van der Waals surface area (Å²) in [4.78, 5) is 28.9. The number of para-hydroxylation sites is 1. The van der Waals surface area contributed by atoms with E-state index in [0.29, 0.717) is 53.1 Å². The number of anilines is 2. The third-order valence-corrected chi connectivity index (χ3v) is 7.68. The van der Waals surface area contributed by atoms with Crippen LogP contribution in [0.25, 0.3) is 16.5 Å². The number of aliphatic hydroxyl groups excluding tert-OH is 1. The predicted molar refractivity (Wildman–Crippen MR) is 159 cm³/mol. The molecule has 0 unspecified atom stereocenters. The Balaban J connectivity index is 1.36. The van der Waals surface area contributed by atoms with Crippen molar-refractivity contribution in [3.63, 3.8) is 0 Å². The van der Waals surface area contributed by atoms with Gasteiger partial charge in [-0.05, 0) is 42.8 Å². The fraction of sp³-hybridized carbons (Fsp3) is 0.219. The van der Waals surface area contributed by atoms with E-state index in [1.54, 1.807) is 54.3 Å². The molecule has 3 heterocycles. The highest BCUT2D eigenvalue weighted by atomic mass is 16.3. The van der Waals surface area contributed by atoms with Crippen molar-refractivity contribution in [1.29, 1.82) is 0 Å². The molecule has 3 aromatic carbocycles. The molecule has 1 aliphatic rings. The SMILES string of the molecule is C[C@@H](/C=C/CCn1cc(CCO)nn1)[C@]1(O)C(=O)N(c2ccccc2)c2ccc(-n3ncc4ccccc4c3=O)cc21. The van der Waals surface area contributed by atoms with Crippen molar-refractivity contribution in [3.05, 3.63) is 119 Å². The predicted octanol–water partition coefficient (Wildman–Crippen LogP) is 3.66. The summed E-state index contributed by atoms with van der Waals surface area (Å²) in [5, 5.41) is 35.0. The van der Waals surface area contributed by atoms with E-state index in [0.717, 1.165) is 5.39 Å². The van der Waals surface area contributed by atoms with Crippen LogP contribution in [0.5, 0.6) is 0 Å². The molecule has 2 atom stereocenters. The smallest absolute Gasteiger partial charge is 0.279 e. The van der Waals surface area contributed by atoms with Gasteiger partial charge in [-0.25, -0.2) is 0 Å². The molecule has 1 aliphatic heterocycles. The third kappa shape index (κ3) is 4.70. The van der Waals surface area contributed by atoms with Gasteiger partial charge in [-0.1, -0.05) is 60.7 Å². The lowest BCUT2D eigenvalue weighted by atomic mass is 9.82. The second kappa shape index (κ2) is 11.2. The quantitative estimate of drug-likeness (QED) is 0.263. The summed E-state index contributed by atoms with van der Waals surface area (Å²) in [6.07, 6.45) is 8.21. The minimum Gasteiger partial charge on any atom is -0.396 e. The lowest BCUT2D eigenvalue weighted by Crippen LogP contribution is -2.42. The normalized spacial score (nSPS) is 17.3. The van der Waals surface area contributed by atoms with E-state index in [2.05, 4.69) is 15.4 Å². The summed E-state index contributed by atoms with van der Waals surface area (Å²) < 4.78 is 2.99. The molecule has 10 nitrogen and oxygen atoms in total. The minimum atomic E-state index is -1.89. The first-order valence-corrected chi connectivity index (χ1v) is 13.8. The topological polar surface area (TPSA) is 126 Å². The molecule has 6 rings (SSSR count). The van der Waals surface area contributed by atoms with Gasteiger partial charge in [0.25, 0.3) is 11.5 Å². The number of amides is 1. The van der Waals surface area contributed by atoms with Crippen LogP contribution in [0, 0.1) is 5.92 Å². The van der Waals surface area contributed by atoms with Crippen molar-refractivity contribution in [3.8, 4) is 5.69 Å². The van der Waals surface area contributed by atoms with E-state index in [1.807, 2.05) is 54.6 Å². The molecule has 10 heteroatoms. The molecular formula is C32H30N6O4. The summed E-state index contributed by atoms with van der Waals surface area (Å²) in [6.45, 7) is 2.37. The Morgan fingerprint density at radius 1 is 1.00 bits per heavy atom. The van der Waals surface area contributed by atoms with Crippen LogP contribution in [0.15, 0.2) is 102 Å². The Morgan fingerprint density at radius 3 is 2.60 bits per heavy atom. The fourth-order valence-corrected chi connectivity index (χ4v) is 5.42. The molecule has 2 N–H and O–H groups in total. The van der Waals surface area contributed by atoms with Gasteiger partial charge in [-0.3, -0.25) is 19.2 Å². The average molecular weight is 563 g/mol. The first kappa shape index (κ1) is 27.3. The third-order valence-electron chi connectivity index (χ3n) is 7.68. The lowest BCUT2D eigenvalue weighted by Gasteiger charge is -2.27. The second-order valence-electron chi connectivity index (χ2n) is 10.3. The van der Waals surface area contributed by atoms with E-state index in [9.17, 15) is 14.7 Å². The fourth-order valence-electron chi connectivity index (χ4n) is 5.42. The minimum absolute atomic E-state index is 0.0114. The summed E-state index contributed by atoms with van der Waals surface area (Å²) in [5.41, 5.74) is 0.572. The van der Waals surface area contributed by atoms with Gasteiger partial charge in [0.05, 0.1) is 28.7 Å². The first-order chi connectivity index (χ1) is 20.4. The Hall–Kier alpha value is -4.93. The van der Waals surface area contributed by atoms with Crippen LogP contribution in [0.4, 0.5) is 11.4 Å². The number of hydrogen-bond acceptors (Lipinski definition) is 7. The molecule has 0 bridgehead atoms. The Bertz CT molecular complexity index is 1850. The van der Waals surface area contributed by atoms with Crippen LogP contribution < -0.4 is 10.5 Å². The molecule has 0 spiro atoms. The van der Waals surface area contributed by atoms with Crippen molar-refractivity contribution < 1.29 is 15.0 Å². The zero-order valence-electron chi connectivity index (χ0n) is 23.0. The number of carbonyl (C=O) groups is 1. The summed E-state index contributed by atoms with van der Waals surface area (Å²) in [5.74, 6) is -1.07. The zero-order valence-corrected chi connectivity index (χ0v) is 23.0. The van der Waals surface area contributed by atoms with E-state index in [4.69, 9.17) is 5.11 Å². The molecule has 0 saturated carbocycles. The van der Waals surface area contributed by atoms with Crippen molar-refractivity contribution in [2.75, 3.05) is 11.5 Å². The van der Waals surface area contributed by atoms with Gasteiger partial charge in [-0.15, -0.1) is 5.10 Å². The van der Waals surface area contributed by atoms with Crippen molar-refractivity contribution >= 4 is 28.1 Å². The number of fused-ring (bicyclic) bond motifs is 2. The number of aromatic nitrogens is 5. The van der Waals surface area contributed by atoms with Crippen LogP contribution >= 0.6 is 0 Å². The number of allylic oxidation sites excluding steroid dienone is 1. The largest absolute Gasteiger partial charge is 0.396 e. The summed E-state index contributed by atoms with van der Waals surface area (Å²) >= 11 is 0. The number of benzene rings is 3. The van der Waals surface area contributed by atoms with Gasteiger partial charge >= 0.3 is 0 Å². The number of nitrogens with zero attached hydrogens (tertiary/aromatic N) is 6. The standard InChI is InChI=1S/C32H30N6O4/c1-22(9-7-8-17-36-21-24(16-18-39)34-35-36)32(42)28-19-26(38-30(40)27-13-6-5-10-23(27)20-33-38)14-15-29(28)37(31(32)41)25-11-3-2-4-12-25/h2-7,9-15,19-22,39,42H,8,16-18H2,1H3/b9-7+/t22-,32+/m0/s1. The molecule has 0 radical (unpaired) electrons. The summed E-state index contributed by atoms with van der Waals surface area (Å²) in [6, 6.07) is 21.6. The Kier molecular flexibility index (Phi) is 7.24. The molecular weight excluding hydrogens is 532 g/mol. The van der Waals surface area contributed by atoms with Crippen molar-refractivity contribution in [2.24, 2.45) is 5.92 Å². The van der Waals surface area contributed by atoms with Crippen LogP contribution in [0.3, 0.4) is 0 Å². The highest BCUT2D eigenvalue weighted by Crippen LogP contribution is 2.48. The first-order valence-electron chi connectivity index (χ1n) is 13.8. The highest BCUT2D eigenvalue weighted by Gasteiger charge is 2.53. The number of hydrogen-bond donors (Lipinski definition) is 2. The van der Waals surface area contributed by atoms with Crippen molar-refractivity contribution in [2.45, 2.75) is 31.9 Å². The Labute approximate surface area is 241 Å². The maximum Gasteiger partial charge on any atom is 0.279 e. The molecule has 0 fully saturated rings. The van der Waals surface area contributed by atoms with Gasteiger partial charge in [0, 0.05) is 48.3 Å². The van der Waals surface area contributed by atoms with Gasteiger partial charge in [-0.2, -0.15) is 9.78 Å². The molecule has 212 valence electrons. The van der Waals surface area contributed by atoms with Gasteiger partial charge in [0.15, 0.2) is 5.60 Å². The number of aryl methyl sites for hydroxylation is 1. The maximum atomic E-state index is 14.0. The number of rotatable bonds is 9. The van der Waals surface area contributed by atoms with Crippen LogP contribution in [0.1, 0.15) is 24.6 Å². The number of carbonyl (C=O) groups excluding carboxylic acids is 1. The van der Waals surface area contributed by atoms with E-state index in [-0.39, 0.29) is 12.2 Å². The molecule has 42 heavy (non-hydrogen) atoms. The molecule has 5 aromatic rings. The van der Waals surface area contributed by atoms with Crippen molar-refractivity contribution in [1.82, 2.24) is 24.8 Å². The molecule has 1 amide bonds. The Morgan fingerprint density at radius 2 is 1.79 bits per heavy atom. The van der Waals surface area contributed by atoms with E-state index >= 15 is 0 Å². The second-order valence-corrected chi connectivity index (χ2v) is 10.3. The lowest BCUT2D eigenvalue weighted by molar-refractivity contribution is -0.138. The highest BCUT2D eigenvalue weighted by molar-refractivity contribution is 6.12. The molecule has 0 saturated heterocycles. The van der Waals surface area contributed by atoms with Crippen LogP contribution in [0.2, 0.25) is 0 Å². The average Bonchev–Trinajstić information content (AvgIpc) is 3.56. The molecule has 2 aromatic heterocycles. The van der Waals surface area contributed by atoms with Crippen LogP contribution in [-0.4, -0.2) is 47.5 Å². The van der Waals surface area contributed by atoms with E-state index in [1.165, 1.54) is 9.58 Å². The van der Waals surface area contributed by atoms with Gasteiger partial charge in [0.2, 0.25) is 0 Å². The maximum absolute atomic E-state index is 14.0. The van der Waals surface area contributed by atoms with E-state index < -0.39 is 17.4 Å². The van der Waals surface area contributed by atoms with Gasteiger partial charge in [0.1, 0.15) is 0 Å². The monoisotopic (exact) mass is 562 g/mol. The zero-order chi connectivity index (χ0) is 29.3. The number of aliphatic hydroxyl groups is 2. The van der Waals surface area contributed by atoms with Crippen LogP contribution in [-0.2, 0) is 23.4 Å². The summed E-state index contributed by atoms with van der Waals surface area (Å²) in [7, 11) is 0. The molecule has 0 aliphatic carbocycles. The van der Waals surface area contributed by atoms with Gasteiger partial charge < -0.3 is 10.2 Å².